The largest absolute Gasteiger partial charge is 0.497 e. The molecule has 0 aromatic heterocycles. The number of rotatable bonds is 8. The van der Waals surface area contributed by atoms with Gasteiger partial charge in [-0.25, -0.2) is 0 Å². The molecule has 0 spiro atoms. The fourth-order valence-corrected chi connectivity index (χ4v) is 3.33. The summed E-state index contributed by atoms with van der Waals surface area (Å²) in [5.41, 5.74) is 3.13. The van der Waals surface area contributed by atoms with Crippen LogP contribution in [0, 0.1) is 11.3 Å². The molecule has 0 fully saturated rings. The van der Waals surface area contributed by atoms with E-state index in [1.807, 2.05) is 55.5 Å². The van der Waals surface area contributed by atoms with Crippen molar-refractivity contribution in [3.63, 3.8) is 0 Å². The van der Waals surface area contributed by atoms with Crippen molar-refractivity contribution in [2.45, 2.75) is 20.0 Å². The molecule has 1 amide bonds. The first-order chi connectivity index (χ1) is 15.5. The van der Waals surface area contributed by atoms with Gasteiger partial charge in [0.05, 0.1) is 7.11 Å². The molecule has 0 saturated carbocycles. The fraction of sp³-hybridized carbons (Fsp3) is 0.154. The molecule has 0 radical (unpaired) electrons. The molecule has 0 atom stereocenters. The quantitative estimate of drug-likeness (QED) is 0.338. The van der Waals surface area contributed by atoms with Crippen molar-refractivity contribution < 1.29 is 14.3 Å². The van der Waals surface area contributed by atoms with E-state index in [0.29, 0.717) is 27.8 Å². The minimum atomic E-state index is -0.481. The summed E-state index contributed by atoms with van der Waals surface area (Å²) < 4.78 is 11.3. The molecule has 5 nitrogen and oxygen atoms in total. The lowest BCUT2D eigenvalue weighted by atomic mass is 10.1. The lowest BCUT2D eigenvalue weighted by Gasteiger charge is -2.12. The van der Waals surface area contributed by atoms with Gasteiger partial charge in [0.15, 0.2) is 0 Å². The Hall–Kier alpha value is -3.75. The lowest BCUT2D eigenvalue weighted by molar-refractivity contribution is -0.112. The predicted molar refractivity (Wildman–Crippen MR) is 127 cm³/mol. The van der Waals surface area contributed by atoms with Gasteiger partial charge in [0.25, 0.3) is 5.91 Å². The molecule has 162 valence electrons. The topological polar surface area (TPSA) is 71.4 Å². The van der Waals surface area contributed by atoms with Crippen molar-refractivity contribution in [2.75, 3.05) is 12.4 Å². The van der Waals surface area contributed by atoms with Crippen LogP contribution in [-0.2, 0) is 17.8 Å². The van der Waals surface area contributed by atoms with Crippen LogP contribution < -0.4 is 14.8 Å². The second-order valence-electron chi connectivity index (χ2n) is 6.96. The van der Waals surface area contributed by atoms with Crippen LogP contribution >= 0.6 is 11.6 Å². The maximum atomic E-state index is 12.8. The van der Waals surface area contributed by atoms with Gasteiger partial charge in [-0.3, -0.25) is 4.79 Å². The van der Waals surface area contributed by atoms with Crippen LogP contribution in [0.25, 0.3) is 6.08 Å². The van der Waals surface area contributed by atoms with Gasteiger partial charge >= 0.3 is 0 Å². The van der Waals surface area contributed by atoms with Crippen molar-refractivity contribution in [3.05, 3.63) is 94.0 Å². The standard InChI is InChI=1S/C26H23ClN2O3/c1-3-19-8-4-5-10-24(19)29-26(30)21(16-28)14-20-11-12-23(31-2)15-25(20)32-17-18-7-6-9-22(27)13-18/h4-15H,3,17H2,1-2H3,(H,29,30)/b21-14+. The summed E-state index contributed by atoms with van der Waals surface area (Å²) in [4.78, 5) is 12.8. The molecular formula is C26H23ClN2O3. The van der Waals surface area contributed by atoms with E-state index in [9.17, 15) is 10.1 Å². The van der Waals surface area contributed by atoms with Crippen molar-refractivity contribution in [3.8, 4) is 17.6 Å². The van der Waals surface area contributed by atoms with Crippen LogP contribution in [0.2, 0.25) is 5.02 Å². The molecule has 3 aromatic carbocycles. The number of anilines is 1. The average molecular weight is 447 g/mol. The SMILES string of the molecule is CCc1ccccc1NC(=O)/C(C#N)=C/c1ccc(OC)cc1OCc1cccc(Cl)c1. The maximum absolute atomic E-state index is 12.8. The number of halogens is 1. The lowest BCUT2D eigenvalue weighted by Crippen LogP contribution is -2.14. The highest BCUT2D eigenvalue weighted by atomic mass is 35.5. The Morgan fingerprint density at radius 1 is 1.12 bits per heavy atom. The highest BCUT2D eigenvalue weighted by Gasteiger charge is 2.14. The van der Waals surface area contributed by atoms with Crippen LogP contribution in [-0.4, -0.2) is 13.0 Å². The van der Waals surface area contributed by atoms with Crippen LogP contribution in [0.1, 0.15) is 23.6 Å². The minimum absolute atomic E-state index is 0.0336. The van der Waals surface area contributed by atoms with Crippen LogP contribution in [0.4, 0.5) is 5.69 Å². The number of ether oxygens (including phenoxy) is 2. The second kappa shape index (κ2) is 11.0. The maximum Gasteiger partial charge on any atom is 0.266 e. The van der Waals surface area contributed by atoms with Gasteiger partial charge in [-0.2, -0.15) is 5.26 Å². The minimum Gasteiger partial charge on any atom is -0.497 e. The molecule has 0 aliphatic heterocycles. The second-order valence-corrected chi connectivity index (χ2v) is 7.39. The monoisotopic (exact) mass is 446 g/mol. The number of para-hydroxylation sites is 1. The number of nitrogens with zero attached hydrogens (tertiary/aromatic N) is 1. The zero-order valence-corrected chi connectivity index (χ0v) is 18.6. The van der Waals surface area contributed by atoms with Crippen LogP contribution in [0.5, 0.6) is 11.5 Å². The molecule has 1 N–H and O–H groups in total. The Kier molecular flexibility index (Phi) is 7.91. The summed E-state index contributed by atoms with van der Waals surface area (Å²) >= 11 is 6.05. The number of carbonyl (C=O) groups excluding carboxylic acids is 1. The van der Waals surface area contributed by atoms with E-state index in [4.69, 9.17) is 21.1 Å². The molecule has 0 unspecified atom stereocenters. The summed E-state index contributed by atoms with van der Waals surface area (Å²) in [5.74, 6) is 0.604. The first-order valence-electron chi connectivity index (χ1n) is 10.1. The third-order valence-corrected chi connectivity index (χ3v) is 5.05. The molecule has 0 aliphatic rings. The van der Waals surface area contributed by atoms with Gasteiger partial charge in [-0.15, -0.1) is 0 Å². The zero-order chi connectivity index (χ0) is 22.9. The molecule has 0 heterocycles. The Morgan fingerprint density at radius 3 is 2.66 bits per heavy atom. The molecule has 3 aromatic rings. The van der Waals surface area contributed by atoms with E-state index in [1.165, 1.54) is 6.08 Å². The number of nitriles is 1. The predicted octanol–water partition coefficient (Wildman–Crippen LogP) is 6.04. The van der Waals surface area contributed by atoms with Gasteiger partial charge in [0.2, 0.25) is 0 Å². The first kappa shape index (κ1) is 22.9. The van der Waals surface area contributed by atoms with Gasteiger partial charge < -0.3 is 14.8 Å². The molecular weight excluding hydrogens is 424 g/mol. The fourth-order valence-electron chi connectivity index (χ4n) is 3.12. The number of aryl methyl sites for hydroxylation is 1. The van der Waals surface area contributed by atoms with Gasteiger partial charge in [-0.1, -0.05) is 48.9 Å². The highest BCUT2D eigenvalue weighted by Crippen LogP contribution is 2.28. The molecule has 0 saturated heterocycles. The Labute approximate surface area is 192 Å². The number of nitrogens with one attached hydrogen (secondary N) is 1. The van der Waals surface area contributed by atoms with Crippen molar-refractivity contribution in [2.24, 2.45) is 0 Å². The third kappa shape index (κ3) is 5.90. The first-order valence-corrected chi connectivity index (χ1v) is 10.5. The smallest absolute Gasteiger partial charge is 0.266 e. The summed E-state index contributed by atoms with van der Waals surface area (Å²) in [5, 5.41) is 13.1. The van der Waals surface area contributed by atoms with E-state index >= 15 is 0 Å². The number of benzene rings is 3. The number of amides is 1. The highest BCUT2D eigenvalue weighted by molar-refractivity contribution is 6.30. The van der Waals surface area contributed by atoms with Gasteiger partial charge in [-0.05, 0) is 54.0 Å². The normalized spacial score (nSPS) is 10.9. The van der Waals surface area contributed by atoms with Gasteiger partial charge in [0.1, 0.15) is 29.7 Å². The van der Waals surface area contributed by atoms with Crippen molar-refractivity contribution >= 4 is 29.3 Å². The molecule has 3 rings (SSSR count). The Bertz CT molecular complexity index is 1180. The van der Waals surface area contributed by atoms with Gasteiger partial charge in [0, 0.05) is 22.3 Å². The van der Waals surface area contributed by atoms with Crippen LogP contribution in [0.3, 0.4) is 0 Å². The number of carbonyl (C=O) groups is 1. The van der Waals surface area contributed by atoms with E-state index in [0.717, 1.165) is 17.5 Å². The van der Waals surface area contributed by atoms with Crippen molar-refractivity contribution in [1.29, 1.82) is 5.26 Å². The summed E-state index contributed by atoms with van der Waals surface area (Å²) in [6.07, 6.45) is 2.28. The van der Waals surface area contributed by atoms with E-state index < -0.39 is 5.91 Å². The number of hydrogen-bond donors (Lipinski definition) is 1. The zero-order valence-electron chi connectivity index (χ0n) is 17.9. The molecule has 6 heteroatoms. The van der Waals surface area contributed by atoms with E-state index in [-0.39, 0.29) is 12.2 Å². The summed E-state index contributed by atoms with van der Waals surface area (Å²) in [6, 6.07) is 22.1. The van der Waals surface area contributed by atoms with E-state index in [1.54, 1.807) is 31.4 Å². The molecule has 32 heavy (non-hydrogen) atoms. The average Bonchev–Trinajstić information content (AvgIpc) is 2.81. The summed E-state index contributed by atoms with van der Waals surface area (Å²) in [6.45, 7) is 2.28. The third-order valence-electron chi connectivity index (χ3n) is 4.82. The number of hydrogen-bond acceptors (Lipinski definition) is 4. The van der Waals surface area contributed by atoms with Crippen LogP contribution in [0.15, 0.2) is 72.3 Å². The van der Waals surface area contributed by atoms with E-state index in [2.05, 4.69) is 5.32 Å². The number of methoxy groups -OCH3 is 1. The molecule has 0 aliphatic carbocycles. The Morgan fingerprint density at radius 2 is 1.94 bits per heavy atom. The Balaban J connectivity index is 1.87. The molecule has 0 bridgehead atoms. The summed E-state index contributed by atoms with van der Waals surface area (Å²) in [7, 11) is 1.56. The van der Waals surface area contributed by atoms with Crippen molar-refractivity contribution in [1.82, 2.24) is 0 Å².